The van der Waals surface area contributed by atoms with E-state index in [1.807, 2.05) is 11.9 Å². The van der Waals surface area contributed by atoms with Gasteiger partial charge in [-0.2, -0.15) is 11.8 Å². The minimum absolute atomic E-state index is 0.176. The lowest BCUT2D eigenvalue weighted by Crippen LogP contribution is -2.59. The number of aliphatic imine (C=N–C) groups is 1. The number of amides is 1. The first-order valence-electron chi connectivity index (χ1n) is 9.68. The average molecular weight is 368 g/mol. The first-order valence-corrected chi connectivity index (χ1v) is 10.8. The second kappa shape index (κ2) is 8.62. The largest absolute Gasteiger partial charge is 0.354 e. The van der Waals surface area contributed by atoms with Crippen LogP contribution in [-0.4, -0.2) is 96.5 Å². The Labute approximate surface area is 156 Å². The summed E-state index contributed by atoms with van der Waals surface area (Å²) < 4.78 is 0. The Morgan fingerprint density at radius 3 is 2.20 bits per heavy atom. The highest BCUT2D eigenvalue weighted by molar-refractivity contribution is 7.99. The minimum Gasteiger partial charge on any atom is -0.354 e. The van der Waals surface area contributed by atoms with Crippen molar-refractivity contribution in [3.05, 3.63) is 0 Å². The van der Waals surface area contributed by atoms with Crippen molar-refractivity contribution in [3.8, 4) is 0 Å². The van der Waals surface area contributed by atoms with Gasteiger partial charge >= 0.3 is 0 Å². The molecule has 0 aromatic rings. The topological polar surface area (TPSA) is 51.2 Å². The molecule has 2 saturated heterocycles. The summed E-state index contributed by atoms with van der Waals surface area (Å²) in [5, 5.41) is 3.69. The standard InChI is InChI=1S/C18H33N5OS/c1-16(24)21-7-9-22(10-8-21)17(19-2)20-15-18(5-3-4-6-18)23-11-13-25-14-12-23/h3-15H2,1-2H3,(H,19,20). The van der Waals surface area contributed by atoms with Crippen LogP contribution in [0.3, 0.4) is 0 Å². The second-order valence-corrected chi connectivity index (χ2v) is 8.65. The first-order chi connectivity index (χ1) is 12.1. The number of guanidine groups is 1. The molecule has 3 aliphatic rings. The molecule has 1 aliphatic carbocycles. The highest BCUT2D eigenvalue weighted by atomic mass is 32.2. The van der Waals surface area contributed by atoms with Crippen molar-refractivity contribution in [2.24, 2.45) is 4.99 Å². The van der Waals surface area contributed by atoms with Gasteiger partial charge in [-0.15, -0.1) is 0 Å². The Bertz CT molecular complexity index is 478. The average Bonchev–Trinajstić information content (AvgIpc) is 3.13. The molecule has 1 saturated carbocycles. The summed E-state index contributed by atoms with van der Waals surface area (Å²) in [4.78, 5) is 23.0. The van der Waals surface area contributed by atoms with Gasteiger partial charge in [0.25, 0.3) is 0 Å². The van der Waals surface area contributed by atoms with Crippen molar-refractivity contribution >= 4 is 23.6 Å². The highest BCUT2D eigenvalue weighted by Gasteiger charge is 2.40. The number of hydrogen-bond donors (Lipinski definition) is 1. The van der Waals surface area contributed by atoms with Crippen molar-refractivity contribution in [1.29, 1.82) is 0 Å². The third-order valence-electron chi connectivity index (χ3n) is 6.03. The predicted molar refractivity (Wildman–Crippen MR) is 105 cm³/mol. The molecule has 0 aromatic carbocycles. The molecule has 7 heteroatoms. The number of hydrogen-bond acceptors (Lipinski definition) is 4. The summed E-state index contributed by atoms with van der Waals surface area (Å²) in [6.45, 7) is 8.43. The molecule has 25 heavy (non-hydrogen) atoms. The molecule has 2 heterocycles. The van der Waals surface area contributed by atoms with E-state index < -0.39 is 0 Å². The smallest absolute Gasteiger partial charge is 0.219 e. The van der Waals surface area contributed by atoms with Crippen molar-refractivity contribution in [1.82, 2.24) is 20.0 Å². The van der Waals surface area contributed by atoms with Crippen LogP contribution in [0.25, 0.3) is 0 Å². The predicted octanol–water partition coefficient (Wildman–Crippen LogP) is 1.09. The van der Waals surface area contributed by atoms with Crippen molar-refractivity contribution in [2.75, 3.05) is 64.4 Å². The third kappa shape index (κ3) is 4.42. The van der Waals surface area contributed by atoms with E-state index in [-0.39, 0.29) is 5.91 Å². The number of rotatable bonds is 3. The molecule has 0 radical (unpaired) electrons. The zero-order valence-corrected chi connectivity index (χ0v) is 16.6. The van der Waals surface area contributed by atoms with Gasteiger partial charge in [0, 0.05) is 76.8 Å². The summed E-state index contributed by atoms with van der Waals surface area (Å²) in [6.07, 6.45) is 5.31. The molecule has 0 bridgehead atoms. The number of piperazine rings is 1. The Kier molecular flexibility index (Phi) is 6.49. The molecule has 0 atom stereocenters. The van der Waals surface area contributed by atoms with Gasteiger partial charge in [-0.25, -0.2) is 0 Å². The monoisotopic (exact) mass is 367 g/mol. The molecule has 0 spiro atoms. The van der Waals surface area contributed by atoms with Gasteiger partial charge in [0.2, 0.25) is 5.91 Å². The lowest BCUT2D eigenvalue weighted by atomic mass is 9.94. The number of carbonyl (C=O) groups excluding carboxylic acids is 1. The fraction of sp³-hybridized carbons (Fsp3) is 0.889. The van der Waals surface area contributed by atoms with E-state index in [0.717, 1.165) is 38.7 Å². The van der Waals surface area contributed by atoms with Crippen LogP contribution >= 0.6 is 11.8 Å². The van der Waals surface area contributed by atoms with Gasteiger partial charge in [-0.1, -0.05) is 12.8 Å². The summed E-state index contributed by atoms with van der Waals surface area (Å²) in [6, 6.07) is 0. The van der Waals surface area contributed by atoms with Crippen LogP contribution in [-0.2, 0) is 4.79 Å². The van der Waals surface area contributed by atoms with E-state index in [4.69, 9.17) is 0 Å². The molecule has 2 aliphatic heterocycles. The van der Waals surface area contributed by atoms with E-state index in [1.54, 1.807) is 6.92 Å². The minimum atomic E-state index is 0.176. The van der Waals surface area contributed by atoms with Gasteiger partial charge in [0.15, 0.2) is 5.96 Å². The summed E-state index contributed by atoms with van der Waals surface area (Å²) in [5.74, 6) is 3.71. The van der Waals surface area contributed by atoms with E-state index in [0.29, 0.717) is 5.54 Å². The molecule has 3 fully saturated rings. The molecule has 0 unspecified atom stereocenters. The van der Waals surface area contributed by atoms with E-state index in [9.17, 15) is 4.79 Å². The second-order valence-electron chi connectivity index (χ2n) is 7.42. The molecule has 3 rings (SSSR count). The Balaban J connectivity index is 1.57. The van der Waals surface area contributed by atoms with Gasteiger partial charge in [-0.3, -0.25) is 14.7 Å². The Morgan fingerprint density at radius 1 is 1.04 bits per heavy atom. The van der Waals surface area contributed by atoms with Gasteiger partial charge < -0.3 is 15.1 Å². The van der Waals surface area contributed by atoms with E-state index in [1.165, 1.54) is 50.3 Å². The number of nitrogens with zero attached hydrogens (tertiary/aromatic N) is 4. The fourth-order valence-corrected chi connectivity index (χ4v) is 5.39. The highest BCUT2D eigenvalue weighted by Crippen LogP contribution is 2.36. The van der Waals surface area contributed by atoms with Crippen LogP contribution in [0.4, 0.5) is 0 Å². The van der Waals surface area contributed by atoms with Gasteiger partial charge in [-0.05, 0) is 12.8 Å². The lowest BCUT2D eigenvalue weighted by molar-refractivity contribution is -0.130. The maximum atomic E-state index is 11.5. The molecule has 6 nitrogen and oxygen atoms in total. The zero-order chi connectivity index (χ0) is 17.7. The molecular formula is C18H33N5OS. The van der Waals surface area contributed by atoms with E-state index >= 15 is 0 Å². The quantitative estimate of drug-likeness (QED) is 0.598. The molecule has 1 N–H and O–H groups in total. The summed E-state index contributed by atoms with van der Waals surface area (Å²) in [5.41, 5.74) is 0.318. The van der Waals surface area contributed by atoms with Crippen LogP contribution in [0.1, 0.15) is 32.6 Å². The van der Waals surface area contributed by atoms with Crippen molar-refractivity contribution in [3.63, 3.8) is 0 Å². The first kappa shape index (κ1) is 18.8. The molecular weight excluding hydrogens is 334 g/mol. The SMILES string of the molecule is CN=C(NCC1(N2CCSCC2)CCCC1)N1CCN(C(C)=O)CC1. The van der Waals surface area contributed by atoms with Crippen LogP contribution in [0, 0.1) is 0 Å². The maximum Gasteiger partial charge on any atom is 0.219 e. The normalized spacial score (nSPS) is 25.3. The Hall–Kier alpha value is -0.950. The van der Waals surface area contributed by atoms with Crippen LogP contribution < -0.4 is 5.32 Å². The van der Waals surface area contributed by atoms with Gasteiger partial charge in [0.1, 0.15) is 0 Å². The van der Waals surface area contributed by atoms with Crippen LogP contribution in [0.5, 0.6) is 0 Å². The summed E-state index contributed by atoms with van der Waals surface area (Å²) >= 11 is 2.08. The molecule has 0 aromatic heterocycles. The van der Waals surface area contributed by atoms with Gasteiger partial charge in [0.05, 0.1) is 0 Å². The maximum absolute atomic E-state index is 11.5. The number of thioether (sulfide) groups is 1. The number of carbonyl (C=O) groups is 1. The molecule has 142 valence electrons. The zero-order valence-electron chi connectivity index (χ0n) is 15.8. The van der Waals surface area contributed by atoms with E-state index in [2.05, 4.69) is 31.9 Å². The third-order valence-corrected chi connectivity index (χ3v) is 6.97. The van der Waals surface area contributed by atoms with Crippen molar-refractivity contribution < 1.29 is 4.79 Å². The number of nitrogens with one attached hydrogen (secondary N) is 1. The van der Waals surface area contributed by atoms with Crippen molar-refractivity contribution in [2.45, 2.75) is 38.1 Å². The summed E-state index contributed by atoms with van der Waals surface area (Å²) in [7, 11) is 1.87. The van der Waals surface area contributed by atoms with Crippen LogP contribution in [0.2, 0.25) is 0 Å². The van der Waals surface area contributed by atoms with Crippen LogP contribution in [0.15, 0.2) is 4.99 Å². The lowest BCUT2D eigenvalue weighted by Gasteiger charge is -2.44. The fourth-order valence-electron chi connectivity index (χ4n) is 4.48. The Morgan fingerprint density at radius 2 is 1.64 bits per heavy atom. The molecule has 1 amide bonds.